The first-order chi connectivity index (χ1) is 6.33. The second-order valence-corrected chi connectivity index (χ2v) is 5.40. The average Bonchev–Trinajstić information content (AvgIpc) is 2.73. The molecule has 2 N–H and O–H groups in total. The maximum absolute atomic E-state index is 5.83. The van der Waals surface area contributed by atoms with Crippen LogP contribution in [-0.4, -0.2) is 30.6 Å². The number of hydrogen-bond donors (Lipinski definition) is 1. The van der Waals surface area contributed by atoms with E-state index in [1.165, 1.54) is 45.2 Å². The molecule has 1 unspecified atom stereocenters. The standard InChI is InChI=1S/C11H20N2/c12-6-10(9-2-3-9)13-7-11(8-13)4-1-5-11/h9-10H,1-8,12H2. The summed E-state index contributed by atoms with van der Waals surface area (Å²) in [6.07, 6.45) is 7.33. The van der Waals surface area contributed by atoms with Crippen molar-refractivity contribution in [3.8, 4) is 0 Å². The molecule has 3 aliphatic rings. The third-order valence-corrected chi connectivity index (χ3v) is 4.37. The van der Waals surface area contributed by atoms with Crippen LogP contribution in [0.15, 0.2) is 0 Å². The molecule has 0 aromatic rings. The Balaban J connectivity index is 1.55. The van der Waals surface area contributed by atoms with Crippen LogP contribution in [0.1, 0.15) is 32.1 Å². The lowest BCUT2D eigenvalue weighted by Crippen LogP contribution is -2.64. The van der Waals surface area contributed by atoms with Gasteiger partial charge in [-0.3, -0.25) is 4.90 Å². The minimum absolute atomic E-state index is 0.742. The summed E-state index contributed by atoms with van der Waals surface area (Å²) in [5.74, 6) is 0.961. The van der Waals surface area contributed by atoms with Gasteiger partial charge in [0.1, 0.15) is 0 Å². The molecular formula is C11H20N2. The molecule has 2 heteroatoms. The zero-order valence-electron chi connectivity index (χ0n) is 8.34. The van der Waals surface area contributed by atoms with Crippen molar-refractivity contribution in [2.24, 2.45) is 17.1 Å². The molecular weight excluding hydrogens is 160 g/mol. The van der Waals surface area contributed by atoms with Crippen molar-refractivity contribution in [2.45, 2.75) is 38.1 Å². The van der Waals surface area contributed by atoms with Gasteiger partial charge in [0, 0.05) is 25.7 Å². The number of nitrogens with zero attached hydrogens (tertiary/aromatic N) is 1. The van der Waals surface area contributed by atoms with E-state index in [9.17, 15) is 0 Å². The van der Waals surface area contributed by atoms with Crippen LogP contribution in [0.25, 0.3) is 0 Å². The highest BCUT2D eigenvalue weighted by Crippen LogP contribution is 2.50. The Labute approximate surface area is 80.5 Å². The summed E-state index contributed by atoms with van der Waals surface area (Å²) in [5.41, 5.74) is 6.61. The van der Waals surface area contributed by atoms with Gasteiger partial charge in [0.15, 0.2) is 0 Å². The van der Waals surface area contributed by atoms with Crippen molar-refractivity contribution in [3.63, 3.8) is 0 Å². The molecule has 2 aliphatic carbocycles. The van der Waals surface area contributed by atoms with Gasteiger partial charge in [-0.1, -0.05) is 6.42 Å². The summed E-state index contributed by atoms with van der Waals surface area (Å²) in [5, 5.41) is 0. The highest BCUT2D eigenvalue weighted by atomic mass is 15.3. The number of hydrogen-bond acceptors (Lipinski definition) is 2. The van der Waals surface area contributed by atoms with E-state index < -0.39 is 0 Å². The van der Waals surface area contributed by atoms with E-state index in [0.717, 1.165) is 23.9 Å². The SMILES string of the molecule is NCC(C1CC1)N1CC2(CCC2)C1. The molecule has 1 atom stereocenters. The van der Waals surface area contributed by atoms with Crippen molar-refractivity contribution in [1.82, 2.24) is 4.90 Å². The van der Waals surface area contributed by atoms with Crippen LogP contribution in [0.4, 0.5) is 0 Å². The van der Waals surface area contributed by atoms with E-state index in [0.29, 0.717) is 0 Å². The molecule has 13 heavy (non-hydrogen) atoms. The van der Waals surface area contributed by atoms with Gasteiger partial charge < -0.3 is 5.73 Å². The van der Waals surface area contributed by atoms with Crippen LogP contribution in [-0.2, 0) is 0 Å². The molecule has 74 valence electrons. The predicted molar refractivity (Wildman–Crippen MR) is 53.4 cm³/mol. The van der Waals surface area contributed by atoms with E-state index in [2.05, 4.69) is 4.90 Å². The third-order valence-electron chi connectivity index (χ3n) is 4.37. The molecule has 1 aliphatic heterocycles. The maximum Gasteiger partial charge on any atom is 0.0247 e. The Kier molecular flexibility index (Phi) is 1.72. The number of rotatable bonds is 3. The van der Waals surface area contributed by atoms with Crippen molar-refractivity contribution in [1.29, 1.82) is 0 Å². The van der Waals surface area contributed by atoms with Crippen molar-refractivity contribution in [3.05, 3.63) is 0 Å². The van der Waals surface area contributed by atoms with Gasteiger partial charge in [-0.05, 0) is 37.0 Å². The summed E-state index contributed by atoms with van der Waals surface area (Å²) in [6, 6.07) is 0.742. The summed E-state index contributed by atoms with van der Waals surface area (Å²) in [7, 11) is 0. The normalized spacial score (nSPS) is 33.9. The first kappa shape index (κ1) is 8.25. The van der Waals surface area contributed by atoms with Gasteiger partial charge in [-0.2, -0.15) is 0 Å². The number of nitrogens with two attached hydrogens (primary N) is 1. The van der Waals surface area contributed by atoms with E-state index in [1.54, 1.807) is 0 Å². The molecule has 0 aromatic carbocycles. The van der Waals surface area contributed by atoms with Crippen LogP contribution in [0, 0.1) is 11.3 Å². The monoisotopic (exact) mass is 180 g/mol. The highest BCUT2D eigenvalue weighted by molar-refractivity contribution is 5.04. The van der Waals surface area contributed by atoms with E-state index in [1.807, 2.05) is 0 Å². The second kappa shape index (κ2) is 2.71. The zero-order chi connectivity index (χ0) is 8.89. The third kappa shape index (κ3) is 1.23. The Morgan fingerprint density at radius 2 is 2.00 bits per heavy atom. The van der Waals surface area contributed by atoms with Crippen LogP contribution < -0.4 is 5.73 Å². The molecule has 0 radical (unpaired) electrons. The van der Waals surface area contributed by atoms with Crippen molar-refractivity contribution >= 4 is 0 Å². The largest absolute Gasteiger partial charge is 0.329 e. The second-order valence-electron chi connectivity index (χ2n) is 5.40. The smallest absolute Gasteiger partial charge is 0.0247 e. The summed E-state index contributed by atoms with van der Waals surface area (Å²) < 4.78 is 0. The van der Waals surface area contributed by atoms with Crippen LogP contribution in [0.2, 0.25) is 0 Å². The molecule has 0 amide bonds. The fourth-order valence-corrected chi connectivity index (χ4v) is 3.16. The molecule has 1 saturated heterocycles. The van der Waals surface area contributed by atoms with Crippen molar-refractivity contribution < 1.29 is 0 Å². The van der Waals surface area contributed by atoms with E-state index in [-0.39, 0.29) is 0 Å². The quantitative estimate of drug-likeness (QED) is 0.707. The van der Waals surface area contributed by atoms with Crippen LogP contribution in [0.3, 0.4) is 0 Å². The highest BCUT2D eigenvalue weighted by Gasteiger charge is 2.50. The lowest BCUT2D eigenvalue weighted by molar-refractivity contribution is -0.0853. The molecule has 3 fully saturated rings. The topological polar surface area (TPSA) is 29.3 Å². The van der Waals surface area contributed by atoms with E-state index >= 15 is 0 Å². The molecule has 3 rings (SSSR count). The van der Waals surface area contributed by atoms with Crippen LogP contribution in [0.5, 0.6) is 0 Å². The Hall–Kier alpha value is -0.0800. The van der Waals surface area contributed by atoms with Crippen molar-refractivity contribution in [2.75, 3.05) is 19.6 Å². The van der Waals surface area contributed by atoms with Gasteiger partial charge >= 0.3 is 0 Å². The number of likely N-dealkylation sites (tertiary alicyclic amines) is 1. The maximum atomic E-state index is 5.83. The lowest BCUT2D eigenvalue weighted by Gasteiger charge is -2.58. The average molecular weight is 180 g/mol. The van der Waals surface area contributed by atoms with Gasteiger partial charge in [0.2, 0.25) is 0 Å². The van der Waals surface area contributed by atoms with Gasteiger partial charge in [-0.15, -0.1) is 0 Å². The van der Waals surface area contributed by atoms with Gasteiger partial charge in [0.05, 0.1) is 0 Å². The fraction of sp³-hybridized carbons (Fsp3) is 1.00. The Morgan fingerprint density at radius 3 is 2.38 bits per heavy atom. The molecule has 0 aromatic heterocycles. The first-order valence-electron chi connectivity index (χ1n) is 5.77. The summed E-state index contributed by atoms with van der Waals surface area (Å²) in [4.78, 5) is 2.65. The molecule has 2 saturated carbocycles. The minimum Gasteiger partial charge on any atom is -0.329 e. The Morgan fingerprint density at radius 1 is 1.31 bits per heavy atom. The van der Waals surface area contributed by atoms with Gasteiger partial charge in [-0.25, -0.2) is 0 Å². The summed E-state index contributed by atoms with van der Waals surface area (Å²) >= 11 is 0. The molecule has 1 heterocycles. The lowest BCUT2D eigenvalue weighted by atomic mass is 9.63. The minimum atomic E-state index is 0.742. The van der Waals surface area contributed by atoms with E-state index in [4.69, 9.17) is 5.73 Å². The van der Waals surface area contributed by atoms with Gasteiger partial charge in [0.25, 0.3) is 0 Å². The summed E-state index contributed by atoms with van der Waals surface area (Å²) in [6.45, 7) is 3.62. The molecule has 1 spiro atoms. The predicted octanol–water partition coefficient (Wildman–Crippen LogP) is 1.21. The first-order valence-corrected chi connectivity index (χ1v) is 5.77. The molecule has 0 bridgehead atoms. The molecule has 2 nitrogen and oxygen atoms in total. The fourth-order valence-electron chi connectivity index (χ4n) is 3.16. The zero-order valence-corrected chi connectivity index (χ0v) is 8.34. The Bertz CT molecular complexity index is 198. The van der Waals surface area contributed by atoms with Crippen LogP contribution >= 0.6 is 0 Å².